The molecule has 1 aromatic heterocycles. The zero-order valence-electron chi connectivity index (χ0n) is 7.43. The Kier molecular flexibility index (Phi) is 3.43. The zero-order chi connectivity index (χ0) is 9.26. The van der Waals surface area contributed by atoms with Crippen molar-refractivity contribution in [2.24, 2.45) is 0 Å². The summed E-state index contributed by atoms with van der Waals surface area (Å²) in [5.41, 5.74) is 1.81. The van der Waals surface area contributed by atoms with Gasteiger partial charge in [0.25, 0.3) is 0 Å². The van der Waals surface area contributed by atoms with Gasteiger partial charge >= 0.3 is 5.97 Å². The molecule has 0 amide bonds. The number of nitrogens with zero attached hydrogens (tertiary/aromatic N) is 3. The second-order valence-corrected chi connectivity index (χ2v) is 2.96. The molecular weight excluding hydrogens is 208 g/mol. The molecule has 0 fully saturated rings. The fourth-order valence-corrected chi connectivity index (χ4v) is 1.45. The van der Waals surface area contributed by atoms with Crippen LogP contribution in [0.4, 0.5) is 0 Å². The minimum Gasteiger partial charge on any atom is -0.480 e. The second-order valence-electron chi connectivity index (χ2n) is 2.96. The summed E-state index contributed by atoms with van der Waals surface area (Å²) in [7, 11) is 0. The average Bonchev–Trinajstić information content (AvgIpc) is 2.48. The third-order valence-corrected chi connectivity index (χ3v) is 2.03. The van der Waals surface area contributed by atoms with Gasteiger partial charge in [0.05, 0.1) is 11.4 Å². The van der Waals surface area contributed by atoms with E-state index in [4.69, 9.17) is 5.11 Å². The van der Waals surface area contributed by atoms with Crippen LogP contribution in [0.2, 0.25) is 0 Å². The normalized spacial score (nSPS) is 14.3. The third-order valence-electron chi connectivity index (χ3n) is 2.03. The second kappa shape index (κ2) is 4.39. The summed E-state index contributed by atoms with van der Waals surface area (Å²) in [6, 6.07) is 0. The van der Waals surface area contributed by atoms with Gasteiger partial charge in [-0.15, -0.1) is 17.5 Å². The molecule has 7 heteroatoms. The SMILES string of the molecule is Cl.O=C(O)Cn1nnc2c1CCNC2. The highest BCUT2D eigenvalue weighted by Gasteiger charge is 2.17. The Labute approximate surface area is 86.7 Å². The van der Waals surface area contributed by atoms with E-state index in [1.807, 2.05) is 0 Å². The molecule has 1 aromatic rings. The van der Waals surface area contributed by atoms with Gasteiger partial charge in [-0.3, -0.25) is 4.79 Å². The monoisotopic (exact) mass is 218 g/mol. The predicted molar refractivity (Wildman–Crippen MR) is 50.3 cm³/mol. The topological polar surface area (TPSA) is 80.0 Å². The van der Waals surface area contributed by atoms with E-state index in [9.17, 15) is 4.79 Å². The summed E-state index contributed by atoms with van der Waals surface area (Å²) in [6.07, 6.45) is 0.801. The van der Waals surface area contributed by atoms with Gasteiger partial charge in [0.1, 0.15) is 6.54 Å². The smallest absolute Gasteiger partial charge is 0.325 e. The van der Waals surface area contributed by atoms with Crippen LogP contribution in [0.5, 0.6) is 0 Å². The van der Waals surface area contributed by atoms with Crippen LogP contribution in [-0.4, -0.2) is 32.6 Å². The molecule has 2 heterocycles. The van der Waals surface area contributed by atoms with Crippen molar-refractivity contribution in [2.75, 3.05) is 6.54 Å². The van der Waals surface area contributed by atoms with E-state index < -0.39 is 5.97 Å². The molecule has 0 saturated heterocycles. The number of aliphatic carboxylic acids is 1. The number of fused-ring (bicyclic) bond motifs is 1. The molecule has 0 unspecified atom stereocenters. The first-order valence-electron chi connectivity index (χ1n) is 4.11. The van der Waals surface area contributed by atoms with Crippen LogP contribution in [0.1, 0.15) is 11.4 Å². The summed E-state index contributed by atoms with van der Waals surface area (Å²) in [5, 5.41) is 19.4. The first-order valence-corrected chi connectivity index (χ1v) is 4.11. The van der Waals surface area contributed by atoms with Crippen LogP contribution in [0.25, 0.3) is 0 Å². The molecule has 0 atom stereocenters. The van der Waals surface area contributed by atoms with E-state index in [-0.39, 0.29) is 19.0 Å². The lowest BCUT2D eigenvalue weighted by molar-refractivity contribution is -0.137. The first-order chi connectivity index (χ1) is 6.27. The van der Waals surface area contributed by atoms with Gasteiger partial charge in [0.2, 0.25) is 0 Å². The maximum Gasteiger partial charge on any atom is 0.325 e. The highest BCUT2D eigenvalue weighted by atomic mass is 35.5. The summed E-state index contributed by atoms with van der Waals surface area (Å²) in [5.74, 6) is -0.883. The number of halogens is 1. The molecule has 0 saturated carbocycles. The Bertz CT molecular complexity index is 338. The van der Waals surface area contributed by atoms with E-state index in [1.165, 1.54) is 4.68 Å². The third kappa shape index (κ3) is 2.02. The molecule has 0 bridgehead atoms. The Balaban J connectivity index is 0.000000980. The maximum atomic E-state index is 10.4. The van der Waals surface area contributed by atoms with Crippen LogP contribution in [0.3, 0.4) is 0 Å². The molecule has 0 aliphatic carbocycles. The highest BCUT2D eigenvalue weighted by Crippen LogP contribution is 2.09. The van der Waals surface area contributed by atoms with Crippen molar-refractivity contribution in [3.8, 4) is 0 Å². The lowest BCUT2D eigenvalue weighted by atomic mass is 10.2. The molecule has 0 radical (unpaired) electrons. The van der Waals surface area contributed by atoms with E-state index in [2.05, 4.69) is 15.6 Å². The fraction of sp³-hybridized carbons (Fsp3) is 0.571. The van der Waals surface area contributed by atoms with Gasteiger partial charge in [0.15, 0.2) is 0 Å². The molecule has 78 valence electrons. The number of carboxylic acid groups (broad SMARTS) is 1. The van der Waals surface area contributed by atoms with E-state index in [0.717, 1.165) is 24.4 Å². The number of rotatable bonds is 2. The minimum atomic E-state index is -0.883. The van der Waals surface area contributed by atoms with Crippen LogP contribution >= 0.6 is 12.4 Å². The molecule has 2 rings (SSSR count). The summed E-state index contributed by atoms with van der Waals surface area (Å²) in [4.78, 5) is 10.4. The van der Waals surface area contributed by atoms with E-state index >= 15 is 0 Å². The number of aromatic nitrogens is 3. The van der Waals surface area contributed by atoms with Crippen molar-refractivity contribution in [3.63, 3.8) is 0 Å². The van der Waals surface area contributed by atoms with Gasteiger partial charge in [-0.2, -0.15) is 0 Å². The van der Waals surface area contributed by atoms with Crippen molar-refractivity contribution < 1.29 is 9.90 Å². The van der Waals surface area contributed by atoms with Crippen molar-refractivity contribution in [2.45, 2.75) is 19.5 Å². The molecule has 0 spiro atoms. The van der Waals surface area contributed by atoms with Gasteiger partial charge < -0.3 is 10.4 Å². The van der Waals surface area contributed by atoms with Crippen molar-refractivity contribution in [3.05, 3.63) is 11.4 Å². The van der Waals surface area contributed by atoms with Crippen LogP contribution < -0.4 is 5.32 Å². The van der Waals surface area contributed by atoms with Gasteiger partial charge in [-0.25, -0.2) is 4.68 Å². The van der Waals surface area contributed by atoms with Crippen LogP contribution in [-0.2, 0) is 24.3 Å². The van der Waals surface area contributed by atoms with Crippen molar-refractivity contribution in [1.29, 1.82) is 0 Å². The number of hydrogen-bond acceptors (Lipinski definition) is 4. The van der Waals surface area contributed by atoms with Crippen molar-refractivity contribution >= 4 is 18.4 Å². The number of nitrogens with one attached hydrogen (secondary N) is 1. The highest BCUT2D eigenvalue weighted by molar-refractivity contribution is 5.85. The first kappa shape index (κ1) is 10.9. The van der Waals surface area contributed by atoms with E-state index in [1.54, 1.807) is 0 Å². The Morgan fingerprint density at radius 3 is 3.14 bits per heavy atom. The van der Waals surface area contributed by atoms with Gasteiger partial charge in [-0.1, -0.05) is 5.21 Å². The molecule has 1 aliphatic rings. The minimum absolute atomic E-state index is 0. The number of carboxylic acids is 1. The van der Waals surface area contributed by atoms with Crippen LogP contribution in [0, 0.1) is 0 Å². The summed E-state index contributed by atoms with van der Waals surface area (Å²) >= 11 is 0. The van der Waals surface area contributed by atoms with E-state index in [0.29, 0.717) is 6.54 Å². The maximum absolute atomic E-state index is 10.4. The average molecular weight is 219 g/mol. The largest absolute Gasteiger partial charge is 0.480 e. The lowest BCUT2D eigenvalue weighted by Gasteiger charge is -2.12. The Morgan fingerprint density at radius 1 is 1.64 bits per heavy atom. The van der Waals surface area contributed by atoms with Crippen LogP contribution in [0.15, 0.2) is 0 Å². The number of hydrogen-bond donors (Lipinski definition) is 2. The standard InChI is InChI=1S/C7H10N4O2.ClH/c12-7(13)4-11-6-1-2-8-3-5(6)9-10-11;/h8H,1-4H2,(H,12,13);1H. The van der Waals surface area contributed by atoms with Gasteiger partial charge in [0, 0.05) is 19.5 Å². The predicted octanol–water partition coefficient (Wildman–Crippen LogP) is -0.570. The molecule has 1 aliphatic heterocycles. The summed E-state index contributed by atoms with van der Waals surface area (Å²) in [6.45, 7) is 1.46. The molecule has 2 N–H and O–H groups in total. The molecular formula is C7H11ClN4O2. The zero-order valence-corrected chi connectivity index (χ0v) is 8.25. The Hall–Kier alpha value is -1.14. The number of carbonyl (C=O) groups is 1. The molecule has 14 heavy (non-hydrogen) atoms. The lowest BCUT2D eigenvalue weighted by Crippen LogP contribution is -2.25. The Morgan fingerprint density at radius 2 is 2.43 bits per heavy atom. The fourth-order valence-electron chi connectivity index (χ4n) is 1.45. The molecule has 0 aromatic carbocycles. The molecule has 6 nitrogen and oxygen atoms in total. The quantitative estimate of drug-likeness (QED) is 0.695. The summed E-state index contributed by atoms with van der Waals surface area (Å²) < 4.78 is 1.46. The van der Waals surface area contributed by atoms with Gasteiger partial charge in [-0.05, 0) is 0 Å². The van der Waals surface area contributed by atoms with Crippen molar-refractivity contribution in [1.82, 2.24) is 20.3 Å².